The van der Waals surface area contributed by atoms with Gasteiger partial charge in [-0.2, -0.15) is 4.31 Å². The smallest absolute Gasteiger partial charge is 0.243 e. The highest BCUT2D eigenvalue weighted by Gasteiger charge is 2.41. The quantitative estimate of drug-likeness (QED) is 0.867. The molecule has 6 nitrogen and oxygen atoms in total. The average molecular weight is 323 g/mol. The van der Waals surface area contributed by atoms with Crippen LogP contribution < -0.4 is 5.32 Å². The van der Waals surface area contributed by atoms with Gasteiger partial charge in [0.25, 0.3) is 0 Å². The van der Waals surface area contributed by atoms with Crippen molar-refractivity contribution in [3.8, 4) is 0 Å². The monoisotopic (exact) mass is 323 g/mol. The maximum absolute atomic E-state index is 12.8. The average Bonchev–Trinajstić information content (AvgIpc) is 3.06. The molecule has 1 amide bonds. The lowest BCUT2D eigenvalue weighted by Crippen LogP contribution is -2.53. The van der Waals surface area contributed by atoms with Gasteiger partial charge in [-0.15, -0.1) is 0 Å². The molecule has 1 aromatic rings. The number of hydrogen-bond donors (Lipinski definition) is 1. The lowest BCUT2D eigenvalue weighted by molar-refractivity contribution is -0.135. The van der Waals surface area contributed by atoms with Gasteiger partial charge in [-0.25, -0.2) is 8.42 Å². The van der Waals surface area contributed by atoms with Gasteiger partial charge in [-0.1, -0.05) is 18.2 Å². The minimum absolute atomic E-state index is 0.0569. The van der Waals surface area contributed by atoms with Crippen molar-refractivity contribution < 1.29 is 13.2 Å². The summed E-state index contributed by atoms with van der Waals surface area (Å²) in [5.41, 5.74) is 0. The third-order valence-corrected chi connectivity index (χ3v) is 6.19. The van der Waals surface area contributed by atoms with Crippen molar-refractivity contribution in [3.63, 3.8) is 0 Å². The Morgan fingerprint density at radius 1 is 1.09 bits per heavy atom. The maximum atomic E-state index is 12.8. The molecule has 2 fully saturated rings. The van der Waals surface area contributed by atoms with Crippen LogP contribution in [0.1, 0.15) is 12.8 Å². The van der Waals surface area contributed by atoms with Crippen molar-refractivity contribution in [1.82, 2.24) is 14.5 Å². The summed E-state index contributed by atoms with van der Waals surface area (Å²) in [6.45, 7) is 3.25. The summed E-state index contributed by atoms with van der Waals surface area (Å²) in [5, 5.41) is 3.20. The fraction of sp³-hybridized carbons (Fsp3) is 0.533. The van der Waals surface area contributed by atoms with Gasteiger partial charge in [0.1, 0.15) is 6.04 Å². The molecule has 0 spiro atoms. The Kier molecular flexibility index (Phi) is 4.46. The van der Waals surface area contributed by atoms with Gasteiger partial charge in [0.15, 0.2) is 0 Å². The fourth-order valence-corrected chi connectivity index (χ4v) is 4.77. The zero-order valence-electron chi connectivity index (χ0n) is 12.4. The summed E-state index contributed by atoms with van der Waals surface area (Å²) < 4.78 is 26.9. The third-order valence-electron chi connectivity index (χ3n) is 4.27. The molecule has 1 aromatic carbocycles. The first-order chi connectivity index (χ1) is 10.6. The zero-order chi connectivity index (χ0) is 15.6. The standard InChI is InChI=1S/C15H21N3O3S/c19-15(17-11-8-16-9-12-17)14-7-4-10-18(14)22(20,21)13-5-2-1-3-6-13/h1-3,5-6,14,16H,4,7-12H2. The summed E-state index contributed by atoms with van der Waals surface area (Å²) in [4.78, 5) is 14.7. The van der Waals surface area contributed by atoms with Crippen molar-refractivity contribution >= 4 is 15.9 Å². The van der Waals surface area contributed by atoms with Gasteiger partial charge in [0.05, 0.1) is 4.90 Å². The van der Waals surface area contributed by atoms with Crippen LogP contribution in [0.25, 0.3) is 0 Å². The first-order valence-corrected chi connectivity index (χ1v) is 9.11. The predicted molar refractivity (Wildman–Crippen MR) is 82.8 cm³/mol. The van der Waals surface area contributed by atoms with Crippen LogP contribution in [0.4, 0.5) is 0 Å². The molecule has 0 aliphatic carbocycles. The second-order valence-corrected chi connectivity index (χ2v) is 7.55. The van der Waals surface area contributed by atoms with E-state index in [0.29, 0.717) is 26.1 Å². The Labute approximate surface area is 131 Å². The summed E-state index contributed by atoms with van der Waals surface area (Å²) in [6, 6.07) is 7.81. The van der Waals surface area contributed by atoms with Crippen LogP contribution in [-0.4, -0.2) is 62.3 Å². The van der Waals surface area contributed by atoms with Crippen molar-refractivity contribution in [2.45, 2.75) is 23.8 Å². The maximum Gasteiger partial charge on any atom is 0.243 e. The van der Waals surface area contributed by atoms with E-state index in [9.17, 15) is 13.2 Å². The third kappa shape index (κ3) is 2.88. The minimum atomic E-state index is -3.60. The van der Waals surface area contributed by atoms with Crippen LogP contribution in [0.2, 0.25) is 0 Å². The Morgan fingerprint density at radius 2 is 1.77 bits per heavy atom. The van der Waals surface area contributed by atoms with E-state index in [1.54, 1.807) is 35.2 Å². The molecule has 1 atom stereocenters. The molecule has 2 aliphatic rings. The largest absolute Gasteiger partial charge is 0.339 e. The number of nitrogens with zero attached hydrogens (tertiary/aromatic N) is 2. The van der Waals surface area contributed by atoms with Crippen LogP contribution in [0.15, 0.2) is 35.2 Å². The molecule has 7 heteroatoms. The number of rotatable bonds is 3. The van der Waals surface area contributed by atoms with Crippen LogP contribution >= 0.6 is 0 Å². The lowest BCUT2D eigenvalue weighted by Gasteiger charge is -2.32. The fourth-order valence-electron chi connectivity index (χ4n) is 3.10. The molecule has 22 heavy (non-hydrogen) atoms. The summed E-state index contributed by atoms with van der Waals surface area (Å²) >= 11 is 0. The van der Waals surface area contributed by atoms with Crippen molar-refractivity contribution in [1.29, 1.82) is 0 Å². The number of carbonyl (C=O) groups is 1. The van der Waals surface area contributed by atoms with Crippen LogP contribution in [-0.2, 0) is 14.8 Å². The lowest BCUT2D eigenvalue weighted by atomic mass is 10.2. The molecule has 120 valence electrons. The van der Waals surface area contributed by atoms with Crippen LogP contribution in [0.3, 0.4) is 0 Å². The molecule has 0 radical (unpaired) electrons. The van der Waals surface area contributed by atoms with Crippen molar-refractivity contribution in [2.24, 2.45) is 0 Å². The van der Waals surface area contributed by atoms with Crippen LogP contribution in [0.5, 0.6) is 0 Å². The molecule has 0 bridgehead atoms. The van der Waals surface area contributed by atoms with E-state index in [-0.39, 0.29) is 10.8 Å². The number of hydrogen-bond acceptors (Lipinski definition) is 4. The SMILES string of the molecule is O=C(C1CCCN1S(=O)(=O)c1ccccc1)N1CCNCC1. The number of nitrogens with one attached hydrogen (secondary N) is 1. The number of benzene rings is 1. The van der Waals surface area contributed by atoms with Gasteiger partial charge >= 0.3 is 0 Å². The normalized spacial score (nSPS) is 23.6. The number of sulfonamides is 1. The van der Waals surface area contributed by atoms with Gasteiger partial charge in [-0.05, 0) is 25.0 Å². The minimum Gasteiger partial charge on any atom is -0.339 e. The first kappa shape index (κ1) is 15.5. The van der Waals surface area contributed by atoms with E-state index < -0.39 is 16.1 Å². The topological polar surface area (TPSA) is 69.7 Å². The Hall–Kier alpha value is -1.44. The molecule has 2 aliphatic heterocycles. The Balaban J connectivity index is 1.82. The molecule has 1 N–H and O–H groups in total. The highest BCUT2D eigenvalue weighted by molar-refractivity contribution is 7.89. The molecule has 1 unspecified atom stereocenters. The molecule has 3 rings (SSSR count). The number of amides is 1. The summed E-state index contributed by atoms with van der Waals surface area (Å²) in [7, 11) is -3.60. The zero-order valence-corrected chi connectivity index (χ0v) is 13.3. The van der Waals surface area contributed by atoms with E-state index in [2.05, 4.69) is 5.32 Å². The van der Waals surface area contributed by atoms with Gasteiger partial charge < -0.3 is 10.2 Å². The second kappa shape index (κ2) is 6.36. The Bertz CT molecular complexity index is 627. The van der Waals surface area contributed by atoms with Gasteiger partial charge in [-0.3, -0.25) is 4.79 Å². The molecule has 0 aromatic heterocycles. The van der Waals surface area contributed by atoms with Gasteiger partial charge in [0.2, 0.25) is 15.9 Å². The van der Waals surface area contributed by atoms with Crippen LogP contribution in [0, 0.1) is 0 Å². The van der Waals surface area contributed by atoms with E-state index in [1.165, 1.54) is 4.31 Å². The molecule has 2 saturated heterocycles. The van der Waals surface area contributed by atoms with E-state index in [1.807, 2.05) is 0 Å². The van der Waals surface area contributed by atoms with E-state index in [0.717, 1.165) is 19.5 Å². The van der Waals surface area contributed by atoms with E-state index >= 15 is 0 Å². The first-order valence-electron chi connectivity index (χ1n) is 7.67. The molecular formula is C15H21N3O3S. The second-order valence-electron chi connectivity index (χ2n) is 5.66. The van der Waals surface area contributed by atoms with Crippen molar-refractivity contribution in [2.75, 3.05) is 32.7 Å². The summed E-state index contributed by atoms with van der Waals surface area (Å²) in [6.07, 6.45) is 1.34. The van der Waals surface area contributed by atoms with Crippen molar-refractivity contribution in [3.05, 3.63) is 30.3 Å². The number of piperazine rings is 1. The predicted octanol–water partition coefficient (Wildman–Crippen LogP) is 0.272. The highest BCUT2D eigenvalue weighted by atomic mass is 32.2. The number of carbonyl (C=O) groups excluding carboxylic acids is 1. The molecular weight excluding hydrogens is 302 g/mol. The highest BCUT2D eigenvalue weighted by Crippen LogP contribution is 2.27. The Morgan fingerprint density at radius 3 is 2.45 bits per heavy atom. The summed E-state index contributed by atoms with van der Waals surface area (Å²) in [5.74, 6) is -0.0569. The molecule has 2 heterocycles. The molecule has 0 saturated carbocycles. The van der Waals surface area contributed by atoms with E-state index in [4.69, 9.17) is 0 Å². The van der Waals surface area contributed by atoms with Gasteiger partial charge in [0, 0.05) is 32.7 Å².